The number of nitro groups is 1. The van der Waals surface area contributed by atoms with Crippen LogP contribution >= 0.6 is 11.6 Å². The maximum atomic E-state index is 11.1. The number of nitro benzene ring substituents is 1. The highest BCUT2D eigenvalue weighted by molar-refractivity contribution is 6.32. The Morgan fingerprint density at radius 1 is 1.65 bits per heavy atom. The molecule has 0 amide bonds. The average Bonchev–Trinajstić information content (AvgIpc) is 2.30. The Hall–Kier alpha value is -2.13. The summed E-state index contributed by atoms with van der Waals surface area (Å²) in [6.07, 6.45) is -0.308. The van der Waals surface area contributed by atoms with Crippen molar-refractivity contribution < 1.29 is 14.5 Å². The Bertz CT molecular complexity index is 522. The largest absolute Gasteiger partial charge is 0.469 e. The molecule has 0 N–H and O–H groups in total. The standard InChI is InChI=1S/C10H7ClN2O4/c1-17-10(14)4-7-8(11)2-6(5-12)3-9(7)13(15)16/h2-3H,4H2,1H3. The molecule has 0 fully saturated rings. The normalized spacial score (nSPS) is 9.47. The molecule has 0 radical (unpaired) electrons. The predicted molar refractivity (Wildman–Crippen MR) is 58.5 cm³/mol. The van der Waals surface area contributed by atoms with Gasteiger partial charge in [0.15, 0.2) is 0 Å². The zero-order valence-electron chi connectivity index (χ0n) is 8.77. The van der Waals surface area contributed by atoms with Crippen molar-refractivity contribution >= 4 is 23.3 Å². The lowest BCUT2D eigenvalue weighted by Crippen LogP contribution is -2.07. The molecule has 0 aliphatic rings. The van der Waals surface area contributed by atoms with E-state index in [0.29, 0.717) is 0 Å². The molecule has 1 aromatic rings. The van der Waals surface area contributed by atoms with Crippen molar-refractivity contribution in [3.8, 4) is 6.07 Å². The summed E-state index contributed by atoms with van der Waals surface area (Å²) in [5, 5.41) is 19.5. The number of halogens is 1. The summed E-state index contributed by atoms with van der Waals surface area (Å²) >= 11 is 5.80. The van der Waals surface area contributed by atoms with Crippen LogP contribution in [0.3, 0.4) is 0 Å². The van der Waals surface area contributed by atoms with Gasteiger partial charge in [-0.3, -0.25) is 14.9 Å². The quantitative estimate of drug-likeness (QED) is 0.466. The Morgan fingerprint density at radius 3 is 2.76 bits per heavy atom. The molecule has 17 heavy (non-hydrogen) atoms. The van der Waals surface area contributed by atoms with E-state index < -0.39 is 10.9 Å². The summed E-state index contributed by atoms with van der Waals surface area (Å²) in [7, 11) is 1.17. The molecule has 0 unspecified atom stereocenters. The van der Waals surface area contributed by atoms with Crippen LogP contribution in [0.5, 0.6) is 0 Å². The van der Waals surface area contributed by atoms with Gasteiger partial charge in [-0.25, -0.2) is 0 Å². The summed E-state index contributed by atoms with van der Waals surface area (Å²) < 4.78 is 4.42. The van der Waals surface area contributed by atoms with Gasteiger partial charge in [0.25, 0.3) is 5.69 Å². The molecule has 0 saturated heterocycles. The van der Waals surface area contributed by atoms with E-state index in [4.69, 9.17) is 16.9 Å². The fourth-order valence-electron chi connectivity index (χ4n) is 1.24. The third-order valence-electron chi connectivity index (χ3n) is 2.05. The third-order valence-corrected chi connectivity index (χ3v) is 2.38. The molecular weight excluding hydrogens is 248 g/mol. The molecule has 0 saturated carbocycles. The van der Waals surface area contributed by atoms with E-state index in [0.717, 1.165) is 6.07 Å². The predicted octanol–water partition coefficient (Wildman–Crippen LogP) is 1.84. The van der Waals surface area contributed by atoms with Crippen molar-refractivity contribution in [2.75, 3.05) is 7.11 Å². The van der Waals surface area contributed by atoms with Crippen LogP contribution in [-0.4, -0.2) is 18.0 Å². The number of benzene rings is 1. The summed E-state index contributed by atoms with van der Waals surface area (Å²) in [5.74, 6) is -0.639. The fraction of sp³-hybridized carbons (Fsp3) is 0.200. The van der Waals surface area contributed by atoms with Gasteiger partial charge in [-0.15, -0.1) is 0 Å². The molecule has 88 valence electrons. The van der Waals surface area contributed by atoms with Gasteiger partial charge in [0.1, 0.15) is 0 Å². The van der Waals surface area contributed by atoms with E-state index in [1.165, 1.54) is 13.2 Å². The molecule has 0 spiro atoms. The number of methoxy groups -OCH3 is 1. The van der Waals surface area contributed by atoms with Crippen molar-refractivity contribution in [1.82, 2.24) is 0 Å². The molecule has 1 aromatic carbocycles. The van der Waals surface area contributed by atoms with Crippen molar-refractivity contribution in [2.45, 2.75) is 6.42 Å². The lowest BCUT2D eigenvalue weighted by Gasteiger charge is -2.04. The van der Waals surface area contributed by atoms with E-state index >= 15 is 0 Å². The van der Waals surface area contributed by atoms with Crippen LogP contribution in [0, 0.1) is 21.4 Å². The number of hydrogen-bond donors (Lipinski definition) is 0. The summed E-state index contributed by atoms with van der Waals surface area (Å²) in [4.78, 5) is 21.2. The SMILES string of the molecule is COC(=O)Cc1c(Cl)cc(C#N)cc1[N+](=O)[O-]. The first-order chi connectivity index (χ1) is 7.99. The molecule has 6 nitrogen and oxygen atoms in total. The molecular formula is C10H7ClN2O4. The second kappa shape index (κ2) is 5.27. The molecule has 1 rings (SSSR count). The molecule has 0 atom stereocenters. The molecule has 7 heteroatoms. The minimum Gasteiger partial charge on any atom is -0.469 e. The summed E-state index contributed by atoms with van der Waals surface area (Å²) in [6, 6.07) is 4.10. The van der Waals surface area contributed by atoms with Crippen LogP contribution in [0.4, 0.5) is 5.69 Å². The number of nitrogens with zero attached hydrogens (tertiary/aromatic N) is 2. The Labute approximate surface area is 102 Å². The maximum Gasteiger partial charge on any atom is 0.310 e. The second-order valence-corrected chi connectivity index (χ2v) is 3.48. The molecule has 0 aliphatic heterocycles. The Kier molecular flexibility index (Phi) is 4.01. The van der Waals surface area contributed by atoms with E-state index in [1.54, 1.807) is 6.07 Å². The van der Waals surface area contributed by atoms with Gasteiger partial charge >= 0.3 is 5.97 Å². The second-order valence-electron chi connectivity index (χ2n) is 3.08. The van der Waals surface area contributed by atoms with Crippen LogP contribution in [-0.2, 0) is 16.0 Å². The molecule has 0 bridgehead atoms. The van der Waals surface area contributed by atoms with Gasteiger partial charge < -0.3 is 4.74 Å². The van der Waals surface area contributed by atoms with Gasteiger partial charge in [0.2, 0.25) is 0 Å². The smallest absolute Gasteiger partial charge is 0.310 e. The maximum absolute atomic E-state index is 11.1. The van der Waals surface area contributed by atoms with Gasteiger partial charge in [0.05, 0.1) is 40.7 Å². The van der Waals surface area contributed by atoms with E-state index in [2.05, 4.69) is 4.74 Å². The van der Waals surface area contributed by atoms with Crippen molar-refractivity contribution in [3.05, 3.63) is 38.4 Å². The van der Waals surface area contributed by atoms with Gasteiger partial charge in [-0.2, -0.15) is 5.26 Å². The zero-order valence-corrected chi connectivity index (χ0v) is 9.52. The number of hydrogen-bond acceptors (Lipinski definition) is 5. The topological polar surface area (TPSA) is 93.2 Å². The fourth-order valence-corrected chi connectivity index (χ4v) is 1.52. The summed E-state index contributed by atoms with van der Waals surface area (Å²) in [5.41, 5.74) is -0.253. The first-order valence-corrected chi connectivity index (χ1v) is 4.81. The van der Waals surface area contributed by atoms with E-state index in [9.17, 15) is 14.9 Å². The van der Waals surface area contributed by atoms with Crippen LogP contribution in [0.25, 0.3) is 0 Å². The lowest BCUT2D eigenvalue weighted by molar-refractivity contribution is -0.385. The van der Waals surface area contributed by atoms with Crippen LogP contribution in [0.15, 0.2) is 12.1 Å². The lowest BCUT2D eigenvalue weighted by atomic mass is 10.1. The number of carbonyl (C=O) groups is 1. The first kappa shape index (κ1) is 12.9. The van der Waals surface area contributed by atoms with Crippen molar-refractivity contribution in [1.29, 1.82) is 5.26 Å². The number of carbonyl (C=O) groups excluding carboxylic acids is 1. The average molecular weight is 255 g/mol. The minimum absolute atomic E-state index is 0.00106. The first-order valence-electron chi connectivity index (χ1n) is 4.43. The van der Waals surface area contributed by atoms with Crippen LogP contribution in [0.1, 0.15) is 11.1 Å². The minimum atomic E-state index is -0.689. The number of ether oxygens (including phenoxy) is 1. The van der Waals surface area contributed by atoms with Gasteiger partial charge in [-0.05, 0) is 6.07 Å². The van der Waals surface area contributed by atoms with Crippen molar-refractivity contribution in [3.63, 3.8) is 0 Å². The third kappa shape index (κ3) is 2.92. The molecule has 0 aromatic heterocycles. The number of esters is 1. The van der Waals surface area contributed by atoms with E-state index in [1.807, 2.05) is 0 Å². The highest BCUT2D eigenvalue weighted by Crippen LogP contribution is 2.28. The van der Waals surface area contributed by atoms with Gasteiger partial charge in [0, 0.05) is 6.07 Å². The number of rotatable bonds is 3. The van der Waals surface area contributed by atoms with E-state index in [-0.39, 0.29) is 28.3 Å². The molecule has 0 aliphatic carbocycles. The van der Waals surface area contributed by atoms with Crippen LogP contribution in [0.2, 0.25) is 5.02 Å². The molecule has 0 heterocycles. The number of nitriles is 1. The van der Waals surface area contributed by atoms with Gasteiger partial charge in [-0.1, -0.05) is 11.6 Å². The highest BCUT2D eigenvalue weighted by Gasteiger charge is 2.21. The van der Waals surface area contributed by atoms with Crippen molar-refractivity contribution in [2.24, 2.45) is 0 Å². The Balaban J connectivity index is 3.32. The zero-order chi connectivity index (χ0) is 13.0. The monoisotopic (exact) mass is 254 g/mol. The highest BCUT2D eigenvalue weighted by atomic mass is 35.5. The summed E-state index contributed by atoms with van der Waals surface area (Å²) in [6.45, 7) is 0. The Morgan fingerprint density at radius 2 is 2.29 bits per heavy atom. The van der Waals surface area contributed by atoms with Crippen LogP contribution < -0.4 is 0 Å².